The van der Waals surface area contributed by atoms with Gasteiger partial charge in [0.2, 0.25) is 0 Å². The molecule has 3 fully saturated rings. The number of carbonyl (C=O) groups excluding carboxylic acids is 1. The third-order valence-corrected chi connectivity index (χ3v) is 5.62. The summed E-state index contributed by atoms with van der Waals surface area (Å²) in [5, 5.41) is 14.8. The molecule has 0 radical (unpaired) electrons. The normalized spacial score (nSPS) is 24.3. The Balaban J connectivity index is 1.19. The van der Waals surface area contributed by atoms with Crippen LogP contribution in [0.5, 0.6) is 0 Å². The van der Waals surface area contributed by atoms with Crippen LogP contribution in [0.1, 0.15) is 44.3 Å². The highest BCUT2D eigenvalue weighted by molar-refractivity contribution is 5.89. The summed E-state index contributed by atoms with van der Waals surface area (Å²) in [6, 6.07) is 0.0709. The number of aromatic nitrogens is 2. The lowest BCUT2D eigenvalue weighted by atomic mass is 9.85. The molecule has 0 atom stereocenters. The molecule has 2 amide bonds. The Morgan fingerprint density at radius 2 is 1.78 bits per heavy atom. The maximum Gasteiger partial charge on any atom is 0.319 e. The van der Waals surface area contributed by atoms with Gasteiger partial charge in [-0.1, -0.05) is 0 Å². The van der Waals surface area contributed by atoms with E-state index in [0.717, 1.165) is 37.5 Å². The Morgan fingerprint density at radius 3 is 2.37 bits per heavy atom. The zero-order valence-corrected chi connectivity index (χ0v) is 15.4. The lowest BCUT2D eigenvalue weighted by Gasteiger charge is -2.42. The first-order chi connectivity index (χ1) is 13.0. The minimum atomic E-state index is -0.782. The van der Waals surface area contributed by atoms with Crippen molar-refractivity contribution in [2.75, 3.05) is 18.4 Å². The molecule has 3 N–H and O–H groups in total. The van der Waals surface area contributed by atoms with Gasteiger partial charge in [-0.3, -0.25) is 9.69 Å². The Kier molecular flexibility index (Phi) is 5.24. The number of hydrogen-bond acceptors (Lipinski definition) is 5. The fraction of sp³-hybridized carbons (Fsp3) is 0.684. The van der Waals surface area contributed by atoms with Crippen LogP contribution in [-0.4, -0.2) is 57.1 Å². The second-order valence-corrected chi connectivity index (χ2v) is 8.22. The summed E-state index contributed by atoms with van der Waals surface area (Å²) in [6.07, 6.45) is 10.7. The number of carboxylic acids is 1. The second-order valence-electron chi connectivity index (χ2n) is 8.22. The van der Waals surface area contributed by atoms with E-state index in [2.05, 4.69) is 25.5 Å². The summed E-state index contributed by atoms with van der Waals surface area (Å²) < 4.78 is 0. The van der Waals surface area contributed by atoms with Crippen LogP contribution in [0.15, 0.2) is 12.4 Å². The van der Waals surface area contributed by atoms with Crippen molar-refractivity contribution in [1.29, 1.82) is 0 Å². The maximum absolute atomic E-state index is 12.1. The molecule has 0 unspecified atom stereocenters. The maximum atomic E-state index is 12.1. The zero-order chi connectivity index (χ0) is 18.8. The number of aliphatic carboxylic acids is 1. The standard InChI is InChI=1S/C19H27N5O3/c25-18(26)11-24(10-13-3-4-13)16-6-14(7-16)22-19(27)23-15-8-20-17(21-9-15)5-12-1-2-12/h8-9,12-14,16H,1-7,10-11H2,(H,25,26)(H2,22,23,27). The van der Waals surface area contributed by atoms with Gasteiger partial charge in [0.15, 0.2) is 0 Å². The molecule has 0 bridgehead atoms. The summed E-state index contributed by atoms with van der Waals surface area (Å²) in [4.78, 5) is 33.9. The SMILES string of the molecule is O=C(O)CN(CC1CC1)C1CC(NC(=O)Nc2cnc(CC3CC3)nc2)C1. The van der Waals surface area contributed by atoms with E-state index in [1.807, 2.05) is 0 Å². The second kappa shape index (κ2) is 7.80. The van der Waals surface area contributed by atoms with Crippen LogP contribution in [0.3, 0.4) is 0 Å². The predicted octanol–water partition coefficient (Wildman–Crippen LogP) is 1.88. The molecule has 146 valence electrons. The summed E-state index contributed by atoms with van der Waals surface area (Å²) in [5.74, 6) is 1.44. The average Bonchev–Trinajstić information content (AvgIpc) is 3.48. The molecule has 1 heterocycles. The van der Waals surface area contributed by atoms with Crippen LogP contribution in [0, 0.1) is 11.8 Å². The molecular weight excluding hydrogens is 346 g/mol. The largest absolute Gasteiger partial charge is 0.480 e. The molecule has 3 aliphatic rings. The first-order valence-electron chi connectivity index (χ1n) is 9.89. The van der Waals surface area contributed by atoms with Crippen molar-refractivity contribution < 1.29 is 14.7 Å². The van der Waals surface area contributed by atoms with E-state index in [1.54, 1.807) is 12.4 Å². The number of carbonyl (C=O) groups is 2. The average molecular weight is 373 g/mol. The lowest BCUT2D eigenvalue weighted by Crippen LogP contribution is -2.55. The van der Waals surface area contributed by atoms with Gasteiger partial charge in [-0.15, -0.1) is 0 Å². The molecule has 8 nitrogen and oxygen atoms in total. The predicted molar refractivity (Wildman–Crippen MR) is 99.4 cm³/mol. The Labute approximate surface area is 158 Å². The third kappa shape index (κ3) is 5.38. The molecule has 0 spiro atoms. The van der Waals surface area contributed by atoms with Crippen molar-refractivity contribution >= 4 is 17.7 Å². The molecule has 4 rings (SSSR count). The van der Waals surface area contributed by atoms with Crippen LogP contribution in [-0.2, 0) is 11.2 Å². The summed E-state index contributed by atoms with van der Waals surface area (Å²) in [6.45, 7) is 0.949. The smallest absolute Gasteiger partial charge is 0.319 e. The number of urea groups is 1. The van der Waals surface area contributed by atoms with Crippen LogP contribution in [0.2, 0.25) is 0 Å². The van der Waals surface area contributed by atoms with Gasteiger partial charge >= 0.3 is 12.0 Å². The number of anilines is 1. The number of amides is 2. The monoisotopic (exact) mass is 373 g/mol. The Morgan fingerprint density at radius 1 is 1.11 bits per heavy atom. The number of nitrogens with one attached hydrogen (secondary N) is 2. The molecular formula is C19H27N5O3. The third-order valence-electron chi connectivity index (χ3n) is 5.62. The highest BCUT2D eigenvalue weighted by atomic mass is 16.4. The van der Waals surface area contributed by atoms with Crippen molar-refractivity contribution in [1.82, 2.24) is 20.2 Å². The topological polar surface area (TPSA) is 107 Å². The van der Waals surface area contributed by atoms with Crippen molar-refractivity contribution in [3.8, 4) is 0 Å². The minimum Gasteiger partial charge on any atom is -0.480 e. The van der Waals surface area contributed by atoms with Crippen LogP contribution >= 0.6 is 0 Å². The van der Waals surface area contributed by atoms with E-state index in [1.165, 1.54) is 25.7 Å². The molecule has 0 saturated heterocycles. The van der Waals surface area contributed by atoms with Crippen LogP contribution in [0.4, 0.5) is 10.5 Å². The van der Waals surface area contributed by atoms with Gasteiger partial charge in [0.05, 0.1) is 24.6 Å². The van der Waals surface area contributed by atoms with Crippen LogP contribution in [0.25, 0.3) is 0 Å². The number of nitrogens with zero attached hydrogens (tertiary/aromatic N) is 3. The van der Waals surface area contributed by atoms with Gasteiger partial charge in [0.25, 0.3) is 0 Å². The fourth-order valence-corrected chi connectivity index (χ4v) is 3.61. The van der Waals surface area contributed by atoms with E-state index in [-0.39, 0.29) is 24.7 Å². The molecule has 0 aromatic carbocycles. The van der Waals surface area contributed by atoms with Gasteiger partial charge in [-0.05, 0) is 50.4 Å². The van der Waals surface area contributed by atoms with E-state index in [4.69, 9.17) is 5.11 Å². The Bertz CT molecular complexity index is 681. The summed E-state index contributed by atoms with van der Waals surface area (Å²) in [5.41, 5.74) is 0.587. The van der Waals surface area contributed by atoms with Crippen molar-refractivity contribution in [2.24, 2.45) is 11.8 Å². The van der Waals surface area contributed by atoms with Gasteiger partial charge in [0.1, 0.15) is 5.82 Å². The van der Waals surface area contributed by atoms with Crippen molar-refractivity contribution in [3.63, 3.8) is 0 Å². The fourth-order valence-electron chi connectivity index (χ4n) is 3.61. The first-order valence-corrected chi connectivity index (χ1v) is 9.89. The highest BCUT2D eigenvalue weighted by Gasteiger charge is 2.37. The number of carboxylic acid groups (broad SMARTS) is 1. The van der Waals surface area contributed by atoms with Gasteiger partial charge in [0, 0.05) is 25.0 Å². The summed E-state index contributed by atoms with van der Waals surface area (Å²) in [7, 11) is 0. The molecule has 0 aliphatic heterocycles. The Hall–Kier alpha value is -2.22. The number of hydrogen-bond donors (Lipinski definition) is 3. The van der Waals surface area contributed by atoms with Gasteiger partial charge in [-0.25, -0.2) is 14.8 Å². The minimum absolute atomic E-state index is 0.0838. The van der Waals surface area contributed by atoms with E-state index in [0.29, 0.717) is 11.6 Å². The molecule has 1 aromatic rings. The molecule has 3 aliphatic carbocycles. The quantitative estimate of drug-likeness (QED) is 0.610. The van der Waals surface area contributed by atoms with E-state index in [9.17, 15) is 9.59 Å². The van der Waals surface area contributed by atoms with Crippen molar-refractivity contribution in [2.45, 2.75) is 57.0 Å². The molecule has 27 heavy (non-hydrogen) atoms. The summed E-state index contributed by atoms with van der Waals surface area (Å²) >= 11 is 0. The van der Waals surface area contributed by atoms with Crippen molar-refractivity contribution in [3.05, 3.63) is 18.2 Å². The number of rotatable bonds is 9. The van der Waals surface area contributed by atoms with Gasteiger partial charge in [-0.2, -0.15) is 0 Å². The van der Waals surface area contributed by atoms with Gasteiger partial charge < -0.3 is 15.7 Å². The molecule has 1 aromatic heterocycles. The highest BCUT2D eigenvalue weighted by Crippen LogP contribution is 2.34. The van der Waals surface area contributed by atoms with Crippen LogP contribution < -0.4 is 10.6 Å². The molecule has 3 saturated carbocycles. The first kappa shape index (κ1) is 18.2. The zero-order valence-electron chi connectivity index (χ0n) is 15.4. The van der Waals surface area contributed by atoms with E-state index >= 15 is 0 Å². The lowest BCUT2D eigenvalue weighted by molar-refractivity contribution is -0.139. The molecule has 8 heteroatoms. The van der Waals surface area contributed by atoms with E-state index < -0.39 is 5.97 Å².